The van der Waals surface area contributed by atoms with E-state index < -0.39 is 0 Å². The van der Waals surface area contributed by atoms with E-state index in [0.717, 1.165) is 69.4 Å². The van der Waals surface area contributed by atoms with Gasteiger partial charge in [0.05, 0.1) is 0 Å². The normalized spacial score (nSPS) is 14.9. The van der Waals surface area contributed by atoms with Gasteiger partial charge >= 0.3 is 0 Å². The maximum absolute atomic E-state index is 13.1. The van der Waals surface area contributed by atoms with Gasteiger partial charge in [0, 0.05) is 64.7 Å². The van der Waals surface area contributed by atoms with Crippen molar-refractivity contribution >= 4 is 47.2 Å². The van der Waals surface area contributed by atoms with E-state index in [1.165, 1.54) is 12.1 Å². The third kappa shape index (κ3) is 7.88. The van der Waals surface area contributed by atoms with Crippen LogP contribution in [0.2, 0.25) is 5.15 Å². The van der Waals surface area contributed by atoms with Crippen LogP contribution in [-0.2, 0) is 6.42 Å². The van der Waals surface area contributed by atoms with E-state index >= 15 is 0 Å². The van der Waals surface area contributed by atoms with E-state index in [9.17, 15) is 4.39 Å². The Morgan fingerprint density at radius 2 is 1.77 bits per heavy atom. The van der Waals surface area contributed by atoms with Crippen molar-refractivity contribution in [1.82, 2.24) is 20.5 Å². The fourth-order valence-corrected chi connectivity index (χ4v) is 3.43. The number of hydrogen-bond acceptors (Lipinski definition) is 4. The van der Waals surface area contributed by atoms with Gasteiger partial charge in [-0.3, -0.25) is 9.89 Å². The Kier molecular flexibility index (Phi) is 10.6. The van der Waals surface area contributed by atoms with E-state index in [1.54, 1.807) is 19.3 Å². The van der Waals surface area contributed by atoms with Crippen LogP contribution in [0.15, 0.2) is 47.6 Å². The van der Waals surface area contributed by atoms with Crippen molar-refractivity contribution in [3.8, 4) is 0 Å². The molecule has 164 valence electrons. The quantitative estimate of drug-likeness (QED) is 0.242. The highest BCUT2D eigenvalue weighted by Gasteiger charge is 2.16. The zero-order valence-electron chi connectivity index (χ0n) is 17.2. The molecule has 1 aliphatic heterocycles. The third-order valence-electron chi connectivity index (χ3n) is 5.00. The molecule has 0 saturated carbocycles. The molecule has 2 aromatic rings. The lowest BCUT2D eigenvalue weighted by Crippen LogP contribution is -2.49. The van der Waals surface area contributed by atoms with E-state index in [4.69, 9.17) is 11.6 Å². The highest BCUT2D eigenvalue weighted by molar-refractivity contribution is 14.0. The third-order valence-corrected chi connectivity index (χ3v) is 5.23. The molecule has 6 nitrogen and oxygen atoms in total. The molecule has 0 bridgehead atoms. The molecule has 1 saturated heterocycles. The van der Waals surface area contributed by atoms with Gasteiger partial charge in [-0.05, 0) is 42.3 Å². The van der Waals surface area contributed by atoms with Crippen LogP contribution in [-0.4, -0.2) is 68.7 Å². The Labute approximate surface area is 199 Å². The Bertz CT molecular complexity index is 779. The highest BCUT2D eigenvalue weighted by Crippen LogP contribution is 2.16. The number of guanidine groups is 1. The second-order valence-corrected chi connectivity index (χ2v) is 7.36. The summed E-state index contributed by atoms with van der Waals surface area (Å²) in [6.07, 6.45) is 2.65. The molecule has 0 spiro atoms. The van der Waals surface area contributed by atoms with E-state index in [-0.39, 0.29) is 29.8 Å². The molecular weight excluding hydrogens is 518 g/mol. The summed E-state index contributed by atoms with van der Waals surface area (Å²) in [6, 6.07) is 10.5. The first kappa shape index (κ1) is 24.6. The molecule has 1 aromatic heterocycles. The Balaban J connectivity index is 0.00000320. The zero-order valence-corrected chi connectivity index (χ0v) is 20.2. The summed E-state index contributed by atoms with van der Waals surface area (Å²) in [7, 11) is 1.78. The van der Waals surface area contributed by atoms with Crippen LogP contribution in [0, 0.1) is 5.82 Å². The summed E-state index contributed by atoms with van der Waals surface area (Å²) in [5.41, 5.74) is 2.22. The monoisotopic (exact) mass is 546 g/mol. The van der Waals surface area contributed by atoms with Gasteiger partial charge in [-0.2, -0.15) is 0 Å². The van der Waals surface area contributed by atoms with E-state index in [2.05, 4.69) is 30.4 Å². The molecule has 1 aromatic carbocycles. The maximum Gasteiger partial charge on any atom is 0.191 e. The Morgan fingerprint density at radius 1 is 1.07 bits per heavy atom. The number of rotatable bonds is 7. The number of hydrogen-bond donors (Lipinski definition) is 2. The number of pyridine rings is 1. The first-order valence-corrected chi connectivity index (χ1v) is 10.3. The van der Waals surface area contributed by atoms with Gasteiger partial charge in [0.15, 0.2) is 5.96 Å². The lowest BCUT2D eigenvalue weighted by atomic mass is 10.2. The molecule has 9 heteroatoms. The van der Waals surface area contributed by atoms with Crippen molar-refractivity contribution in [1.29, 1.82) is 0 Å². The smallest absolute Gasteiger partial charge is 0.191 e. The molecule has 0 aliphatic carbocycles. The summed E-state index contributed by atoms with van der Waals surface area (Å²) in [5.74, 6) is 0.613. The molecule has 0 atom stereocenters. The number of anilines is 1. The fourth-order valence-electron chi connectivity index (χ4n) is 3.31. The van der Waals surface area contributed by atoms with Gasteiger partial charge in [-0.25, -0.2) is 9.37 Å². The molecule has 3 rings (SSSR count). The number of piperazine rings is 1. The van der Waals surface area contributed by atoms with Crippen LogP contribution in [0.5, 0.6) is 0 Å². The minimum Gasteiger partial charge on any atom is -0.369 e. The molecule has 2 N–H and O–H groups in total. The number of halogens is 3. The lowest BCUT2D eigenvalue weighted by molar-refractivity contribution is 0.261. The summed E-state index contributed by atoms with van der Waals surface area (Å²) in [6.45, 7) is 6.46. The van der Waals surface area contributed by atoms with Crippen LogP contribution >= 0.6 is 35.6 Å². The summed E-state index contributed by atoms with van der Waals surface area (Å²) >= 11 is 5.81. The fraction of sp³-hybridized carbons (Fsp3) is 0.429. The molecule has 1 fully saturated rings. The van der Waals surface area contributed by atoms with Crippen molar-refractivity contribution in [2.24, 2.45) is 4.99 Å². The zero-order chi connectivity index (χ0) is 20.5. The largest absolute Gasteiger partial charge is 0.369 e. The van der Waals surface area contributed by atoms with Crippen molar-refractivity contribution in [3.63, 3.8) is 0 Å². The minimum absolute atomic E-state index is 0. The van der Waals surface area contributed by atoms with Crippen LogP contribution in [0.1, 0.15) is 5.56 Å². The van der Waals surface area contributed by atoms with Gasteiger partial charge in [-0.15, -0.1) is 24.0 Å². The van der Waals surface area contributed by atoms with Crippen LogP contribution in [0.3, 0.4) is 0 Å². The Morgan fingerprint density at radius 3 is 2.40 bits per heavy atom. The predicted molar refractivity (Wildman–Crippen MR) is 133 cm³/mol. The van der Waals surface area contributed by atoms with Gasteiger partial charge in [0.1, 0.15) is 11.0 Å². The molecule has 2 heterocycles. The van der Waals surface area contributed by atoms with Crippen molar-refractivity contribution in [2.75, 3.05) is 57.8 Å². The van der Waals surface area contributed by atoms with Crippen molar-refractivity contribution in [2.45, 2.75) is 6.42 Å². The van der Waals surface area contributed by atoms with Crippen LogP contribution in [0.4, 0.5) is 10.1 Å². The van der Waals surface area contributed by atoms with Gasteiger partial charge < -0.3 is 15.5 Å². The van der Waals surface area contributed by atoms with Gasteiger partial charge in [-0.1, -0.05) is 17.7 Å². The molecule has 0 radical (unpaired) electrons. The van der Waals surface area contributed by atoms with Crippen molar-refractivity contribution in [3.05, 3.63) is 59.1 Å². The number of nitrogens with one attached hydrogen (secondary N) is 2. The standard InChI is InChI=1S/C21H28ClFN6.HI/c1-24-21(25-9-8-17-2-7-20(22)27-16-17)26-10-11-28-12-14-29(15-13-28)19-5-3-18(23)4-6-19;/h2-7,16H,8-15H2,1H3,(H2,24,25,26);1H. The molecule has 0 amide bonds. The number of benzene rings is 1. The predicted octanol–water partition coefficient (Wildman–Crippen LogP) is 3.02. The summed E-state index contributed by atoms with van der Waals surface area (Å²) in [4.78, 5) is 13.1. The SMILES string of the molecule is CN=C(NCCc1ccc(Cl)nc1)NCCN1CCN(c2ccc(F)cc2)CC1.I. The van der Waals surface area contributed by atoms with E-state index in [0.29, 0.717) is 5.15 Å². The second kappa shape index (κ2) is 12.9. The number of nitrogens with zero attached hydrogens (tertiary/aromatic N) is 4. The highest BCUT2D eigenvalue weighted by atomic mass is 127. The summed E-state index contributed by atoms with van der Waals surface area (Å²) in [5, 5.41) is 7.20. The average Bonchev–Trinajstić information content (AvgIpc) is 2.75. The van der Waals surface area contributed by atoms with Crippen molar-refractivity contribution < 1.29 is 4.39 Å². The lowest BCUT2D eigenvalue weighted by Gasteiger charge is -2.36. The first-order valence-electron chi connectivity index (χ1n) is 9.92. The second-order valence-electron chi connectivity index (χ2n) is 6.97. The minimum atomic E-state index is -0.190. The Hall–Kier alpha value is -1.65. The van der Waals surface area contributed by atoms with Crippen LogP contribution in [0.25, 0.3) is 0 Å². The first-order chi connectivity index (χ1) is 14.1. The van der Waals surface area contributed by atoms with Gasteiger partial charge in [0.2, 0.25) is 0 Å². The maximum atomic E-state index is 13.1. The molecule has 30 heavy (non-hydrogen) atoms. The summed E-state index contributed by atoms with van der Waals surface area (Å²) < 4.78 is 13.1. The topological polar surface area (TPSA) is 55.8 Å². The molecule has 1 aliphatic rings. The molecule has 0 unspecified atom stereocenters. The number of aromatic nitrogens is 1. The van der Waals surface area contributed by atoms with Gasteiger partial charge in [0.25, 0.3) is 0 Å². The van der Waals surface area contributed by atoms with Crippen LogP contribution < -0.4 is 15.5 Å². The average molecular weight is 547 g/mol. The van der Waals surface area contributed by atoms with E-state index in [1.807, 2.05) is 18.2 Å². The number of aliphatic imine (C=N–C) groups is 1. The molecular formula is C21H29ClFIN6.